The van der Waals surface area contributed by atoms with Gasteiger partial charge in [0.05, 0.1) is 11.0 Å². The van der Waals surface area contributed by atoms with Gasteiger partial charge in [-0.25, -0.2) is 4.98 Å². The Bertz CT molecular complexity index is 492. The number of imidazole rings is 1. The summed E-state index contributed by atoms with van der Waals surface area (Å²) in [6.07, 6.45) is 1.04. The molecule has 3 nitrogen and oxygen atoms in total. The second-order valence-electron chi connectivity index (χ2n) is 4.42. The van der Waals surface area contributed by atoms with Crippen LogP contribution in [0.5, 0.6) is 0 Å². The number of hydrogen-bond donors (Lipinski definition) is 1. The van der Waals surface area contributed by atoms with E-state index in [2.05, 4.69) is 40.1 Å². The first kappa shape index (κ1) is 12.4. The number of aryl methyl sites for hydroxylation is 1. The molecule has 1 aromatic heterocycles. The van der Waals surface area contributed by atoms with Gasteiger partial charge < -0.3 is 9.88 Å². The minimum atomic E-state index is 0.690. The van der Waals surface area contributed by atoms with Crippen LogP contribution in [0, 0.1) is 6.92 Å². The van der Waals surface area contributed by atoms with Crippen molar-refractivity contribution < 1.29 is 0 Å². The van der Waals surface area contributed by atoms with Crippen LogP contribution >= 0.6 is 11.6 Å². The highest BCUT2D eigenvalue weighted by atomic mass is 35.5. The van der Waals surface area contributed by atoms with Crippen LogP contribution in [0.1, 0.15) is 11.4 Å². The zero-order valence-electron chi connectivity index (χ0n) is 10.3. The fourth-order valence-electron chi connectivity index (χ4n) is 1.92. The zero-order valence-corrected chi connectivity index (χ0v) is 11.1. The lowest BCUT2D eigenvalue weighted by Crippen LogP contribution is -2.23. The van der Waals surface area contributed by atoms with Gasteiger partial charge >= 0.3 is 0 Å². The molecule has 2 aromatic rings. The molecule has 0 atom stereocenters. The number of halogens is 1. The molecule has 0 saturated carbocycles. The molecule has 0 fully saturated rings. The number of nitrogens with zero attached hydrogens (tertiary/aromatic N) is 2. The molecule has 0 aliphatic rings. The van der Waals surface area contributed by atoms with E-state index in [-0.39, 0.29) is 0 Å². The summed E-state index contributed by atoms with van der Waals surface area (Å²) in [5.41, 5.74) is 3.50. The van der Waals surface area contributed by atoms with Crippen molar-refractivity contribution >= 4 is 22.6 Å². The van der Waals surface area contributed by atoms with Crippen LogP contribution in [0.25, 0.3) is 11.0 Å². The molecule has 0 unspecified atom stereocenters. The maximum absolute atomic E-state index is 5.70. The highest BCUT2D eigenvalue weighted by Crippen LogP contribution is 2.14. The molecular weight excluding hydrogens is 234 g/mol. The maximum atomic E-state index is 5.70. The Morgan fingerprint density at radius 2 is 2.18 bits per heavy atom. The summed E-state index contributed by atoms with van der Waals surface area (Å²) in [6, 6.07) is 6.41. The first-order valence-corrected chi connectivity index (χ1v) is 6.42. The van der Waals surface area contributed by atoms with Crippen molar-refractivity contribution in [2.75, 3.05) is 26.0 Å². The number of aromatic nitrogens is 2. The smallest absolute Gasteiger partial charge is 0.104 e. The lowest BCUT2D eigenvalue weighted by molar-refractivity contribution is 0.359. The summed E-state index contributed by atoms with van der Waals surface area (Å²) in [6.45, 7) is 3.95. The summed E-state index contributed by atoms with van der Waals surface area (Å²) in [4.78, 5) is 9.91. The summed E-state index contributed by atoms with van der Waals surface area (Å²) < 4.78 is 0. The molecule has 1 aromatic carbocycles. The van der Waals surface area contributed by atoms with Gasteiger partial charge in [0.2, 0.25) is 0 Å². The Labute approximate surface area is 107 Å². The van der Waals surface area contributed by atoms with Crippen LogP contribution in [0.3, 0.4) is 0 Å². The molecule has 0 radical (unpaired) electrons. The monoisotopic (exact) mass is 251 g/mol. The fraction of sp³-hybridized carbons (Fsp3) is 0.462. The Morgan fingerprint density at radius 3 is 2.94 bits per heavy atom. The quantitative estimate of drug-likeness (QED) is 0.829. The van der Waals surface area contributed by atoms with E-state index in [0.717, 1.165) is 36.4 Å². The lowest BCUT2D eigenvalue weighted by atomic mass is 10.1. The molecule has 0 bridgehead atoms. The Morgan fingerprint density at radius 1 is 1.35 bits per heavy atom. The average molecular weight is 252 g/mol. The minimum Gasteiger partial charge on any atom is -0.342 e. The van der Waals surface area contributed by atoms with Crippen molar-refractivity contribution in [2.24, 2.45) is 0 Å². The third kappa shape index (κ3) is 3.20. The largest absolute Gasteiger partial charge is 0.342 e. The number of nitrogens with one attached hydrogen (secondary N) is 1. The highest BCUT2D eigenvalue weighted by Gasteiger charge is 2.02. The number of alkyl halides is 1. The van der Waals surface area contributed by atoms with E-state index >= 15 is 0 Å². The summed E-state index contributed by atoms with van der Waals surface area (Å²) in [7, 11) is 2.10. The Kier molecular flexibility index (Phi) is 4.02. The number of hydrogen-bond acceptors (Lipinski definition) is 2. The van der Waals surface area contributed by atoms with E-state index in [9.17, 15) is 0 Å². The van der Waals surface area contributed by atoms with Crippen LogP contribution in [0.2, 0.25) is 0 Å². The summed E-state index contributed by atoms with van der Waals surface area (Å²) in [5, 5.41) is 0. The second-order valence-corrected chi connectivity index (χ2v) is 4.79. The number of fused-ring (bicyclic) bond motifs is 1. The van der Waals surface area contributed by atoms with Gasteiger partial charge in [-0.3, -0.25) is 0 Å². The van der Waals surface area contributed by atoms with E-state index in [1.807, 2.05) is 6.92 Å². The predicted octanol–water partition coefficient (Wildman–Crippen LogP) is 2.58. The van der Waals surface area contributed by atoms with Gasteiger partial charge in [0.15, 0.2) is 0 Å². The molecular formula is C13H18ClN3. The molecule has 1 N–H and O–H groups in total. The van der Waals surface area contributed by atoms with E-state index < -0.39 is 0 Å². The summed E-state index contributed by atoms with van der Waals surface area (Å²) >= 11 is 5.70. The van der Waals surface area contributed by atoms with Gasteiger partial charge in [-0.1, -0.05) is 6.07 Å². The standard InChI is InChI=1S/C13H18ClN3/c1-10-15-12-4-3-11(9-13(12)16-10)5-7-17(2)8-6-14/h3-4,9H,5-8H2,1-2H3,(H,15,16). The van der Waals surface area contributed by atoms with Crippen LogP contribution < -0.4 is 0 Å². The number of benzene rings is 1. The normalized spacial score (nSPS) is 11.5. The SMILES string of the molecule is Cc1nc2ccc(CCN(C)CCCl)cc2[nH]1. The summed E-state index contributed by atoms with van der Waals surface area (Å²) in [5.74, 6) is 1.66. The van der Waals surface area contributed by atoms with Gasteiger partial charge in [0.1, 0.15) is 5.82 Å². The predicted molar refractivity (Wildman–Crippen MR) is 72.8 cm³/mol. The molecule has 92 valence electrons. The molecule has 0 aliphatic carbocycles. The molecule has 0 aliphatic heterocycles. The Balaban J connectivity index is 2.03. The van der Waals surface area contributed by atoms with Crippen LogP contribution in [0.4, 0.5) is 0 Å². The molecule has 2 rings (SSSR count). The number of aromatic amines is 1. The van der Waals surface area contributed by atoms with Crippen molar-refractivity contribution in [2.45, 2.75) is 13.3 Å². The van der Waals surface area contributed by atoms with Crippen molar-refractivity contribution in [3.05, 3.63) is 29.6 Å². The van der Waals surface area contributed by atoms with Crippen molar-refractivity contribution in [1.29, 1.82) is 0 Å². The van der Waals surface area contributed by atoms with Crippen LogP contribution in [0.15, 0.2) is 18.2 Å². The minimum absolute atomic E-state index is 0.690. The molecule has 4 heteroatoms. The number of rotatable bonds is 5. The molecule has 17 heavy (non-hydrogen) atoms. The first-order valence-electron chi connectivity index (χ1n) is 5.89. The molecule has 0 saturated heterocycles. The average Bonchev–Trinajstić information content (AvgIpc) is 2.66. The van der Waals surface area contributed by atoms with Crippen LogP contribution in [-0.2, 0) is 6.42 Å². The van der Waals surface area contributed by atoms with Crippen molar-refractivity contribution in [1.82, 2.24) is 14.9 Å². The Hall–Kier alpha value is -1.06. The molecule has 0 amide bonds. The van der Waals surface area contributed by atoms with E-state index in [1.165, 1.54) is 5.56 Å². The van der Waals surface area contributed by atoms with Gasteiger partial charge in [-0.15, -0.1) is 11.6 Å². The van der Waals surface area contributed by atoms with Crippen LogP contribution in [-0.4, -0.2) is 40.9 Å². The lowest BCUT2D eigenvalue weighted by Gasteiger charge is -2.14. The third-order valence-electron chi connectivity index (χ3n) is 2.91. The van der Waals surface area contributed by atoms with Crippen molar-refractivity contribution in [3.8, 4) is 0 Å². The van der Waals surface area contributed by atoms with Gasteiger partial charge in [-0.2, -0.15) is 0 Å². The fourth-order valence-corrected chi connectivity index (χ4v) is 2.20. The highest BCUT2D eigenvalue weighted by molar-refractivity contribution is 6.18. The molecule has 0 spiro atoms. The number of H-pyrrole nitrogens is 1. The van der Waals surface area contributed by atoms with Gasteiger partial charge in [-0.05, 0) is 38.1 Å². The molecule has 1 heterocycles. The van der Waals surface area contributed by atoms with E-state index in [4.69, 9.17) is 11.6 Å². The third-order valence-corrected chi connectivity index (χ3v) is 3.08. The van der Waals surface area contributed by atoms with Gasteiger partial charge in [0.25, 0.3) is 0 Å². The zero-order chi connectivity index (χ0) is 12.3. The maximum Gasteiger partial charge on any atom is 0.104 e. The van der Waals surface area contributed by atoms with E-state index in [1.54, 1.807) is 0 Å². The van der Waals surface area contributed by atoms with Gasteiger partial charge in [0, 0.05) is 19.0 Å². The topological polar surface area (TPSA) is 31.9 Å². The van der Waals surface area contributed by atoms with Crippen molar-refractivity contribution in [3.63, 3.8) is 0 Å². The second kappa shape index (κ2) is 5.52. The van der Waals surface area contributed by atoms with E-state index in [0.29, 0.717) is 5.88 Å². The first-order chi connectivity index (χ1) is 8.19. The number of likely N-dealkylation sites (N-methyl/N-ethyl adjacent to an activating group) is 1.